The van der Waals surface area contributed by atoms with E-state index in [-0.39, 0.29) is 24.2 Å². The Kier molecular flexibility index (Phi) is 6.95. The minimum Gasteiger partial charge on any atom is -0.489 e. The van der Waals surface area contributed by atoms with Crippen LogP contribution >= 0.6 is 0 Å². The van der Waals surface area contributed by atoms with Crippen LogP contribution in [0.3, 0.4) is 0 Å². The van der Waals surface area contributed by atoms with Crippen molar-refractivity contribution in [3.05, 3.63) is 101 Å². The second-order valence-corrected chi connectivity index (χ2v) is 6.32. The molecule has 6 heteroatoms. The maximum atomic E-state index is 12.9. The fourth-order valence-electron chi connectivity index (χ4n) is 2.62. The molecule has 0 atom stereocenters. The highest BCUT2D eigenvalue weighted by Gasteiger charge is 2.08. The van der Waals surface area contributed by atoms with Gasteiger partial charge in [-0.2, -0.15) is 0 Å². The molecule has 0 fully saturated rings. The van der Waals surface area contributed by atoms with Crippen molar-refractivity contribution in [2.45, 2.75) is 6.61 Å². The molecule has 148 valence electrons. The Morgan fingerprint density at radius 1 is 0.759 bits per heavy atom. The van der Waals surface area contributed by atoms with Crippen LogP contribution in [0.4, 0.5) is 4.39 Å². The molecule has 0 aromatic heterocycles. The standard InChI is InChI=1S/C23H21FN2O3/c24-20-11-9-17(10-12-20)16-29-21-8-4-7-19(15-21)23(28)26-14-13-25-22(27)18-5-2-1-3-6-18/h1-12,15H,13-14,16H2,(H,25,27)(H,26,28). The normalized spacial score (nSPS) is 10.2. The number of carbonyl (C=O) groups is 2. The summed E-state index contributed by atoms with van der Waals surface area (Å²) in [4.78, 5) is 24.3. The highest BCUT2D eigenvalue weighted by Crippen LogP contribution is 2.15. The van der Waals surface area contributed by atoms with Crippen LogP contribution in [0.1, 0.15) is 26.3 Å². The number of rotatable bonds is 8. The molecular weight excluding hydrogens is 371 g/mol. The number of ether oxygens (including phenoxy) is 1. The zero-order valence-corrected chi connectivity index (χ0v) is 15.7. The number of benzene rings is 3. The fraction of sp³-hybridized carbons (Fsp3) is 0.130. The summed E-state index contributed by atoms with van der Waals surface area (Å²) in [5.41, 5.74) is 1.86. The zero-order valence-electron chi connectivity index (χ0n) is 15.7. The van der Waals surface area contributed by atoms with Gasteiger partial charge in [-0.15, -0.1) is 0 Å². The summed E-state index contributed by atoms with van der Waals surface area (Å²) in [6.45, 7) is 0.898. The van der Waals surface area contributed by atoms with Gasteiger partial charge in [-0.25, -0.2) is 4.39 Å². The van der Waals surface area contributed by atoms with Crippen LogP contribution in [0.2, 0.25) is 0 Å². The first-order valence-corrected chi connectivity index (χ1v) is 9.20. The van der Waals surface area contributed by atoms with Crippen molar-refractivity contribution < 1.29 is 18.7 Å². The number of carbonyl (C=O) groups excluding carboxylic acids is 2. The van der Waals surface area contributed by atoms with E-state index >= 15 is 0 Å². The van der Waals surface area contributed by atoms with Crippen LogP contribution in [0.15, 0.2) is 78.9 Å². The lowest BCUT2D eigenvalue weighted by atomic mass is 10.2. The molecule has 0 heterocycles. The van der Waals surface area contributed by atoms with Crippen LogP contribution in [0, 0.1) is 5.82 Å². The fourth-order valence-corrected chi connectivity index (χ4v) is 2.62. The van der Waals surface area contributed by atoms with Crippen LogP contribution in [0.25, 0.3) is 0 Å². The van der Waals surface area contributed by atoms with Crippen LogP contribution in [0.5, 0.6) is 5.75 Å². The van der Waals surface area contributed by atoms with E-state index in [2.05, 4.69) is 10.6 Å². The Hall–Kier alpha value is -3.67. The average molecular weight is 392 g/mol. The summed E-state index contributed by atoms with van der Waals surface area (Å²) < 4.78 is 18.6. The van der Waals surface area contributed by atoms with E-state index in [0.717, 1.165) is 5.56 Å². The van der Waals surface area contributed by atoms with Crippen molar-refractivity contribution in [1.82, 2.24) is 10.6 Å². The molecule has 5 nitrogen and oxygen atoms in total. The third-order valence-corrected chi connectivity index (χ3v) is 4.15. The van der Waals surface area contributed by atoms with Gasteiger partial charge in [0.25, 0.3) is 11.8 Å². The Bertz CT molecular complexity index is 959. The van der Waals surface area contributed by atoms with Gasteiger partial charge in [0, 0.05) is 24.2 Å². The molecular formula is C23H21FN2O3. The molecule has 2 N–H and O–H groups in total. The van der Waals surface area contributed by atoms with Crippen molar-refractivity contribution >= 4 is 11.8 Å². The lowest BCUT2D eigenvalue weighted by Gasteiger charge is -2.10. The predicted octanol–water partition coefficient (Wildman–Crippen LogP) is 3.56. The largest absolute Gasteiger partial charge is 0.489 e. The maximum Gasteiger partial charge on any atom is 0.251 e. The molecule has 0 bridgehead atoms. The Labute approximate surface area is 168 Å². The number of hydrogen-bond acceptors (Lipinski definition) is 3. The minimum atomic E-state index is -0.299. The topological polar surface area (TPSA) is 67.4 Å². The molecule has 0 radical (unpaired) electrons. The van der Waals surface area contributed by atoms with Gasteiger partial charge in [0.05, 0.1) is 0 Å². The van der Waals surface area contributed by atoms with E-state index in [1.807, 2.05) is 6.07 Å². The summed E-state index contributed by atoms with van der Waals surface area (Å²) in [6.07, 6.45) is 0. The summed E-state index contributed by atoms with van der Waals surface area (Å²) in [5, 5.41) is 5.52. The molecule has 0 aliphatic rings. The van der Waals surface area contributed by atoms with Crippen molar-refractivity contribution in [2.24, 2.45) is 0 Å². The van der Waals surface area contributed by atoms with Gasteiger partial charge in [-0.05, 0) is 48.0 Å². The first kappa shape index (κ1) is 20.1. The van der Waals surface area contributed by atoms with E-state index in [1.54, 1.807) is 60.7 Å². The predicted molar refractivity (Wildman–Crippen MR) is 108 cm³/mol. The highest BCUT2D eigenvalue weighted by atomic mass is 19.1. The quantitative estimate of drug-likeness (QED) is 0.576. The molecule has 3 rings (SSSR count). The number of nitrogens with one attached hydrogen (secondary N) is 2. The van der Waals surface area contributed by atoms with Crippen LogP contribution in [-0.2, 0) is 6.61 Å². The second kappa shape index (κ2) is 10.0. The van der Waals surface area contributed by atoms with E-state index in [0.29, 0.717) is 30.0 Å². The van der Waals surface area contributed by atoms with Crippen LogP contribution < -0.4 is 15.4 Å². The van der Waals surface area contributed by atoms with Crippen molar-refractivity contribution in [3.8, 4) is 5.75 Å². The Morgan fingerprint density at radius 2 is 1.38 bits per heavy atom. The molecule has 3 aromatic carbocycles. The molecule has 0 spiro atoms. The van der Waals surface area contributed by atoms with Gasteiger partial charge in [0.1, 0.15) is 18.2 Å². The lowest BCUT2D eigenvalue weighted by Crippen LogP contribution is -2.34. The molecule has 0 aliphatic carbocycles. The van der Waals surface area contributed by atoms with Gasteiger partial charge < -0.3 is 15.4 Å². The third kappa shape index (κ3) is 6.17. The van der Waals surface area contributed by atoms with Crippen LogP contribution in [-0.4, -0.2) is 24.9 Å². The molecule has 3 aromatic rings. The smallest absolute Gasteiger partial charge is 0.251 e. The summed E-state index contributed by atoms with van der Waals surface area (Å²) in [6, 6.07) is 21.7. The van der Waals surface area contributed by atoms with Gasteiger partial charge in [0.15, 0.2) is 0 Å². The Morgan fingerprint density at radius 3 is 2.07 bits per heavy atom. The van der Waals surface area contributed by atoms with E-state index in [4.69, 9.17) is 4.74 Å². The molecule has 29 heavy (non-hydrogen) atoms. The number of hydrogen-bond donors (Lipinski definition) is 2. The highest BCUT2D eigenvalue weighted by molar-refractivity contribution is 5.95. The maximum absolute atomic E-state index is 12.9. The molecule has 0 aliphatic heterocycles. The van der Waals surface area contributed by atoms with Crippen molar-refractivity contribution in [1.29, 1.82) is 0 Å². The minimum absolute atomic E-state index is 0.184. The average Bonchev–Trinajstić information content (AvgIpc) is 2.77. The SMILES string of the molecule is O=C(NCCNC(=O)c1cccc(OCc2ccc(F)cc2)c1)c1ccccc1. The molecule has 0 saturated heterocycles. The van der Waals surface area contributed by atoms with Gasteiger partial charge in [-0.1, -0.05) is 36.4 Å². The summed E-state index contributed by atoms with van der Waals surface area (Å²) in [7, 11) is 0. The van der Waals surface area contributed by atoms with E-state index in [1.165, 1.54) is 12.1 Å². The summed E-state index contributed by atoms with van der Waals surface area (Å²) in [5.74, 6) is -0.200. The summed E-state index contributed by atoms with van der Waals surface area (Å²) >= 11 is 0. The molecule has 0 unspecified atom stereocenters. The number of amides is 2. The molecule has 0 saturated carbocycles. The first-order chi connectivity index (χ1) is 14.1. The van der Waals surface area contributed by atoms with Gasteiger partial charge in [0.2, 0.25) is 0 Å². The van der Waals surface area contributed by atoms with E-state index in [9.17, 15) is 14.0 Å². The zero-order chi connectivity index (χ0) is 20.5. The van der Waals surface area contributed by atoms with Gasteiger partial charge in [-0.3, -0.25) is 9.59 Å². The monoisotopic (exact) mass is 392 g/mol. The third-order valence-electron chi connectivity index (χ3n) is 4.15. The van der Waals surface area contributed by atoms with E-state index < -0.39 is 0 Å². The first-order valence-electron chi connectivity index (χ1n) is 9.20. The Balaban J connectivity index is 1.45. The van der Waals surface area contributed by atoms with Crippen molar-refractivity contribution in [2.75, 3.05) is 13.1 Å². The van der Waals surface area contributed by atoms with Crippen molar-refractivity contribution in [3.63, 3.8) is 0 Å². The molecule has 2 amide bonds. The second-order valence-electron chi connectivity index (χ2n) is 6.32. The lowest BCUT2D eigenvalue weighted by molar-refractivity contribution is 0.0927. The number of halogens is 1. The van der Waals surface area contributed by atoms with Gasteiger partial charge >= 0.3 is 0 Å².